The summed E-state index contributed by atoms with van der Waals surface area (Å²) in [7, 11) is -3.22. The molecule has 0 radical (unpaired) electrons. The van der Waals surface area contributed by atoms with Crippen LogP contribution in [-0.4, -0.2) is 62.4 Å². The second-order valence-electron chi connectivity index (χ2n) is 7.26. The summed E-state index contributed by atoms with van der Waals surface area (Å²) >= 11 is 0. The van der Waals surface area contributed by atoms with E-state index in [1.807, 2.05) is 6.08 Å². The van der Waals surface area contributed by atoms with Crippen molar-refractivity contribution in [2.45, 2.75) is 33.1 Å². The van der Waals surface area contributed by atoms with E-state index in [2.05, 4.69) is 18.7 Å². The minimum absolute atomic E-state index is 0.0758. The van der Waals surface area contributed by atoms with Crippen LogP contribution in [0.3, 0.4) is 0 Å². The summed E-state index contributed by atoms with van der Waals surface area (Å²) in [5.74, 6) is 0.275. The molecule has 2 fully saturated rings. The van der Waals surface area contributed by atoms with Gasteiger partial charge in [-0.3, -0.25) is 9.69 Å². The Hall–Kier alpha value is -0.720. The Kier molecular flexibility index (Phi) is 6.40. The third kappa shape index (κ3) is 5.13. The van der Waals surface area contributed by atoms with Gasteiger partial charge in [-0.1, -0.05) is 26.3 Å². The van der Waals surface area contributed by atoms with Gasteiger partial charge in [0.15, 0.2) is 5.78 Å². The molecule has 23 heavy (non-hydrogen) atoms. The average Bonchev–Trinajstić information content (AvgIpc) is 2.94. The first-order valence-electron chi connectivity index (χ1n) is 8.67. The molecule has 0 aromatic heterocycles. The molecule has 132 valence electrons. The molecule has 5 nitrogen and oxygen atoms in total. The van der Waals surface area contributed by atoms with E-state index in [0.29, 0.717) is 19.0 Å². The molecule has 0 amide bonds. The molecule has 0 aliphatic carbocycles. The zero-order valence-corrected chi connectivity index (χ0v) is 15.4. The number of rotatable bonds is 6. The molecule has 0 saturated carbocycles. The Balaban J connectivity index is 1.95. The van der Waals surface area contributed by atoms with Crippen LogP contribution < -0.4 is 0 Å². The van der Waals surface area contributed by atoms with E-state index in [4.69, 9.17) is 0 Å². The molecule has 6 heteroatoms. The van der Waals surface area contributed by atoms with Gasteiger partial charge < -0.3 is 0 Å². The van der Waals surface area contributed by atoms with Gasteiger partial charge in [0.05, 0.1) is 6.26 Å². The quantitative estimate of drug-likeness (QED) is 0.690. The van der Waals surface area contributed by atoms with E-state index < -0.39 is 10.0 Å². The molecule has 2 rings (SSSR count). The molecule has 0 aromatic rings. The number of ketones is 1. The van der Waals surface area contributed by atoms with E-state index in [0.717, 1.165) is 19.6 Å². The second-order valence-corrected chi connectivity index (χ2v) is 9.24. The molecule has 2 aliphatic rings. The Morgan fingerprint density at radius 3 is 2.39 bits per heavy atom. The highest BCUT2D eigenvalue weighted by molar-refractivity contribution is 7.88. The van der Waals surface area contributed by atoms with Crippen molar-refractivity contribution < 1.29 is 13.2 Å². The van der Waals surface area contributed by atoms with Gasteiger partial charge in [0.1, 0.15) is 0 Å². The van der Waals surface area contributed by atoms with Crippen LogP contribution in [0.4, 0.5) is 0 Å². The molecular formula is C17H30N2O3S. The van der Waals surface area contributed by atoms with Crippen LogP contribution in [0, 0.1) is 17.8 Å². The van der Waals surface area contributed by atoms with Crippen LogP contribution in [0.2, 0.25) is 0 Å². The summed E-state index contributed by atoms with van der Waals surface area (Å²) in [6.07, 6.45) is 8.64. The van der Waals surface area contributed by atoms with Gasteiger partial charge in [-0.15, -0.1) is 0 Å². The van der Waals surface area contributed by atoms with Crippen LogP contribution in [0.25, 0.3) is 0 Å². The fourth-order valence-electron chi connectivity index (χ4n) is 3.62. The molecule has 1 unspecified atom stereocenters. The average molecular weight is 343 g/mol. The van der Waals surface area contributed by atoms with Crippen molar-refractivity contribution in [1.29, 1.82) is 0 Å². The zero-order chi connectivity index (χ0) is 17.0. The number of hydrogen-bond acceptors (Lipinski definition) is 4. The van der Waals surface area contributed by atoms with Crippen molar-refractivity contribution in [2.75, 3.05) is 39.0 Å². The smallest absolute Gasteiger partial charge is 0.211 e. The van der Waals surface area contributed by atoms with Gasteiger partial charge in [-0.05, 0) is 43.8 Å². The molecular weight excluding hydrogens is 312 g/mol. The van der Waals surface area contributed by atoms with E-state index in [9.17, 15) is 13.2 Å². The predicted molar refractivity (Wildman–Crippen MR) is 92.7 cm³/mol. The lowest BCUT2D eigenvalue weighted by molar-refractivity contribution is -0.119. The van der Waals surface area contributed by atoms with E-state index >= 15 is 0 Å². The summed E-state index contributed by atoms with van der Waals surface area (Å²) in [5.41, 5.74) is 0. The number of carbonyl (C=O) groups excluding carboxylic acids is 1. The number of carbonyl (C=O) groups is 1. The first-order chi connectivity index (χ1) is 10.8. The van der Waals surface area contributed by atoms with Crippen LogP contribution in [-0.2, 0) is 14.8 Å². The normalized spacial score (nSPS) is 28.0. The van der Waals surface area contributed by atoms with Gasteiger partial charge in [-0.25, -0.2) is 12.7 Å². The fourth-order valence-corrected chi connectivity index (χ4v) is 4.50. The van der Waals surface area contributed by atoms with Crippen molar-refractivity contribution in [1.82, 2.24) is 9.21 Å². The van der Waals surface area contributed by atoms with Crippen molar-refractivity contribution in [3.8, 4) is 0 Å². The standard InChI is InChI=1S/C17H30N2O3S/c1-14(2)15-12-19(23(3,21)22)13-16(15)17(20)8-7-11-18-9-5-4-6-10-18/h7-8,14-16H,4-6,9-13H2,1-3H3/t15-,16?/m1/s1. The maximum atomic E-state index is 12.5. The summed E-state index contributed by atoms with van der Waals surface area (Å²) in [6.45, 7) is 7.96. The second kappa shape index (κ2) is 7.90. The molecule has 2 atom stereocenters. The third-order valence-electron chi connectivity index (χ3n) is 5.12. The minimum atomic E-state index is -3.22. The summed E-state index contributed by atoms with van der Waals surface area (Å²) in [4.78, 5) is 14.9. The number of hydrogen-bond donors (Lipinski definition) is 0. The molecule has 0 aromatic carbocycles. The molecule has 0 spiro atoms. The first-order valence-corrected chi connectivity index (χ1v) is 10.5. The Morgan fingerprint density at radius 1 is 1.17 bits per heavy atom. The van der Waals surface area contributed by atoms with Gasteiger partial charge >= 0.3 is 0 Å². The maximum Gasteiger partial charge on any atom is 0.211 e. The Morgan fingerprint density at radius 2 is 1.83 bits per heavy atom. The van der Waals surface area contributed by atoms with E-state index in [1.54, 1.807) is 6.08 Å². The maximum absolute atomic E-state index is 12.5. The van der Waals surface area contributed by atoms with Crippen LogP contribution in [0.15, 0.2) is 12.2 Å². The highest BCUT2D eigenvalue weighted by Gasteiger charge is 2.41. The SMILES string of the molecule is CC(C)[C@H]1CN(S(C)(=O)=O)CC1C(=O)C=CCN1CCCCC1. The van der Waals surface area contributed by atoms with Crippen molar-refractivity contribution >= 4 is 15.8 Å². The zero-order valence-electron chi connectivity index (χ0n) is 14.6. The van der Waals surface area contributed by atoms with Crippen molar-refractivity contribution in [3.05, 3.63) is 12.2 Å². The first kappa shape index (κ1) is 18.6. The summed E-state index contributed by atoms with van der Waals surface area (Å²) in [6, 6.07) is 0. The lowest BCUT2D eigenvalue weighted by Gasteiger charge is -2.25. The molecule has 0 N–H and O–H groups in total. The van der Waals surface area contributed by atoms with Crippen LogP contribution >= 0.6 is 0 Å². The number of nitrogens with zero attached hydrogens (tertiary/aromatic N) is 2. The van der Waals surface area contributed by atoms with Crippen molar-refractivity contribution in [3.63, 3.8) is 0 Å². The molecule has 2 heterocycles. The van der Waals surface area contributed by atoms with Crippen LogP contribution in [0.1, 0.15) is 33.1 Å². The van der Waals surface area contributed by atoms with Gasteiger partial charge in [-0.2, -0.15) is 0 Å². The third-order valence-corrected chi connectivity index (χ3v) is 6.35. The van der Waals surface area contributed by atoms with Gasteiger partial charge in [0.25, 0.3) is 0 Å². The van der Waals surface area contributed by atoms with Gasteiger partial charge in [0.2, 0.25) is 10.0 Å². The Bertz CT molecular complexity index is 536. The van der Waals surface area contributed by atoms with E-state index in [-0.39, 0.29) is 17.6 Å². The number of likely N-dealkylation sites (tertiary alicyclic amines) is 1. The monoisotopic (exact) mass is 342 g/mol. The summed E-state index contributed by atoms with van der Waals surface area (Å²) in [5, 5.41) is 0. The highest BCUT2D eigenvalue weighted by Crippen LogP contribution is 2.32. The summed E-state index contributed by atoms with van der Waals surface area (Å²) < 4.78 is 25.0. The Labute approximate surface area is 140 Å². The van der Waals surface area contributed by atoms with Gasteiger partial charge in [0, 0.05) is 25.6 Å². The molecule has 2 saturated heterocycles. The van der Waals surface area contributed by atoms with Crippen molar-refractivity contribution in [2.24, 2.45) is 17.8 Å². The highest BCUT2D eigenvalue weighted by atomic mass is 32.2. The van der Waals surface area contributed by atoms with Crippen LogP contribution in [0.5, 0.6) is 0 Å². The lowest BCUT2D eigenvalue weighted by atomic mass is 9.83. The lowest BCUT2D eigenvalue weighted by Crippen LogP contribution is -2.30. The number of piperidine rings is 1. The molecule has 2 aliphatic heterocycles. The largest absolute Gasteiger partial charge is 0.300 e. The van der Waals surface area contributed by atoms with E-state index in [1.165, 1.54) is 29.8 Å². The minimum Gasteiger partial charge on any atom is -0.300 e. The number of sulfonamides is 1. The topological polar surface area (TPSA) is 57.7 Å². The fraction of sp³-hybridized carbons (Fsp3) is 0.824. The number of allylic oxidation sites excluding steroid dienone is 1. The molecule has 0 bridgehead atoms. The predicted octanol–water partition coefficient (Wildman–Crippen LogP) is 1.76.